The average molecular weight is 328 g/mol. The maximum absolute atomic E-state index is 11.8. The number of carbonyl (C=O) groups is 1. The van der Waals surface area contributed by atoms with Crippen LogP contribution in [0.1, 0.15) is 12.5 Å². The summed E-state index contributed by atoms with van der Waals surface area (Å²) in [5.74, 6) is -0.154. The van der Waals surface area contributed by atoms with E-state index in [0.29, 0.717) is 16.4 Å². The van der Waals surface area contributed by atoms with Crippen LogP contribution < -0.4 is 15.5 Å². The van der Waals surface area contributed by atoms with Gasteiger partial charge in [-0.2, -0.15) is 0 Å². The van der Waals surface area contributed by atoms with Crippen molar-refractivity contribution >= 4 is 44.9 Å². The number of hydrogen-bond donors (Lipinski definition) is 3. The van der Waals surface area contributed by atoms with E-state index in [0.717, 1.165) is 4.47 Å². The molecule has 0 aromatic heterocycles. The van der Waals surface area contributed by atoms with E-state index in [-0.39, 0.29) is 5.91 Å². The number of benzene rings is 1. The van der Waals surface area contributed by atoms with Crippen molar-refractivity contribution < 1.29 is 9.90 Å². The minimum atomic E-state index is -1.37. The maximum atomic E-state index is 11.8. The lowest BCUT2D eigenvalue weighted by molar-refractivity contribution is -0.118. The van der Waals surface area contributed by atoms with Crippen LogP contribution in [0.3, 0.4) is 0 Å². The van der Waals surface area contributed by atoms with Crippen molar-refractivity contribution in [1.82, 2.24) is 10.6 Å². The molecule has 1 saturated heterocycles. The Balaban J connectivity index is 2.23. The third kappa shape index (κ3) is 1.41. The summed E-state index contributed by atoms with van der Waals surface area (Å²) in [6.45, 7) is 1.46. The number of carbonyl (C=O) groups excluding carboxylic acids is 1. The molecule has 0 unspecified atom stereocenters. The number of fused-ring (bicyclic) bond motifs is 3. The number of anilines is 1. The molecule has 2 atom stereocenters. The lowest BCUT2D eigenvalue weighted by Gasteiger charge is -2.26. The van der Waals surface area contributed by atoms with E-state index < -0.39 is 11.9 Å². The minimum Gasteiger partial charge on any atom is -0.364 e. The summed E-state index contributed by atoms with van der Waals surface area (Å²) in [6.07, 6.45) is -0.605. The van der Waals surface area contributed by atoms with Crippen LogP contribution in [0.4, 0.5) is 5.69 Å². The molecule has 18 heavy (non-hydrogen) atoms. The van der Waals surface area contributed by atoms with E-state index in [1.165, 1.54) is 11.8 Å². The fraction of sp³-hybridized carbons (Fsp3) is 0.273. The number of amides is 1. The summed E-state index contributed by atoms with van der Waals surface area (Å²) in [4.78, 5) is 13.3. The highest BCUT2D eigenvalue weighted by Gasteiger charge is 2.56. The number of thiocarbonyl (C=S) groups is 1. The summed E-state index contributed by atoms with van der Waals surface area (Å²) >= 11 is 8.38. The fourth-order valence-electron chi connectivity index (χ4n) is 2.49. The van der Waals surface area contributed by atoms with Crippen molar-refractivity contribution in [2.24, 2.45) is 0 Å². The molecule has 7 heteroatoms. The molecular formula is C11H10BrN3O2S. The van der Waals surface area contributed by atoms with Crippen LogP contribution in [0.25, 0.3) is 0 Å². The zero-order valence-corrected chi connectivity index (χ0v) is 11.8. The Kier molecular flexibility index (Phi) is 2.42. The summed E-state index contributed by atoms with van der Waals surface area (Å²) in [5.41, 5.74) is -0.0628. The maximum Gasteiger partial charge on any atom is 0.225 e. The molecule has 3 rings (SSSR count). The molecule has 1 aromatic carbocycles. The SMILES string of the molecule is CC(=O)N1c2ccc(Br)cc2[C@@]2(O)NC(=S)N[C@@H]12. The standard InChI is InChI=1S/C11H10BrN3O2S/c1-5(16)15-8-3-2-6(12)4-7(8)11(17)9(15)13-10(18)14-11/h2-4,9,17H,1H3,(H2,13,14,18)/t9-,11-/m0/s1. The van der Waals surface area contributed by atoms with Crippen LogP contribution in [0, 0.1) is 0 Å². The Morgan fingerprint density at radius 3 is 3.00 bits per heavy atom. The van der Waals surface area contributed by atoms with Crippen molar-refractivity contribution in [3.63, 3.8) is 0 Å². The molecule has 3 N–H and O–H groups in total. The number of aliphatic hydroxyl groups is 1. The van der Waals surface area contributed by atoms with Crippen LogP contribution >= 0.6 is 28.1 Å². The van der Waals surface area contributed by atoms with Crippen molar-refractivity contribution in [1.29, 1.82) is 0 Å². The second-order valence-electron chi connectivity index (χ2n) is 4.32. The second kappa shape index (κ2) is 3.66. The number of halogens is 1. The highest BCUT2D eigenvalue weighted by molar-refractivity contribution is 9.10. The summed E-state index contributed by atoms with van der Waals surface area (Å²) in [5, 5.41) is 16.8. The zero-order valence-electron chi connectivity index (χ0n) is 9.40. The Labute approximate surface area is 117 Å². The zero-order chi connectivity index (χ0) is 13.1. The third-order valence-electron chi connectivity index (χ3n) is 3.19. The van der Waals surface area contributed by atoms with E-state index in [4.69, 9.17) is 12.2 Å². The first kappa shape index (κ1) is 11.9. The molecule has 0 aliphatic carbocycles. The lowest BCUT2D eigenvalue weighted by Crippen LogP contribution is -2.52. The van der Waals surface area contributed by atoms with Gasteiger partial charge in [0, 0.05) is 17.0 Å². The van der Waals surface area contributed by atoms with Crippen molar-refractivity contribution in [2.75, 3.05) is 4.90 Å². The molecule has 0 bridgehead atoms. The van der Waals surface area contributed by atoms with Crippen LogP contribution in [0.15, 0.2) is 22.7 Å². The van der Waals surface area contributed by atoms with Crippen molar-refractivity contribution in [2.45, 2.75) is 18.8 Å². The molecule has 1 aromatic rings. The van der Waals surface area contributed by atoms with Gasteiger partial charge in [-0.3, -0.25) is 9.69 Å². The summed E-state index contributed by atoms with van der Waals surface area (Å²) < 4.78 is 0.832. The highest BCUT2D eigenvalue weighted by atomic mass is 79.9. The monoisotopic (exact) mass is 327 g/mol. The van der Waals surface area contributed by atoms with Gasteiger partial charge in [0.1, 0.15) is 0 Å². The quantitative estimate of drug-likeness (QED) is 0.614. The van der Waals surface area contributed by atoms with Gasteiger partial charge in [0.15, 0.2) is 11.3 Å². The van der Waals surface area contributed by atoms with E-state index in [1.54, 1.807) is 12.1 Å². The van der Waals surface area contributed by atoms with E-state index >= 15 is 0 Å². The fourth-order valence-corrected chi connectivity index (χ4v) is 3.11. The molecule has 1 amide bonds. The van der Waals surface area contributed by atoms with E-state index in [2.05, 4.69) is 26.6 Å². The van der Waals surface area contributed by atoms with Crippen LogP contribution in [0.2, 0.25) is 0 Å². The third-order valence-corrected chi connectivity index (χ3v) is 3.91. The van der Waals surface area contributed by atoms with Crippen molar-refractivity contribution in [3.05, 3.63) is 28.2 Å². The molecule has 5 nitrogen and oxygen atoms in total. The van der Waals surface area contributed by atoms with Gasteiger partial charge < -0.3 is 15.7 Å². The first-order valence-electron chi connectivity index (χ1n) is 5.34. The Morgan fingerprint density at radius 2 is 2.33 bits per heavy atom. The molecule has 1 fully saturated rings. The second-order valence-corrected chi connectivity index (χ2v) is 5.64. The van der Waals surface area contributed by atoms with Gasteiger partial charge in [-0.1, -0.05) is 15.9 Å². The summed E-state index contributed by atoms with van der Waals surface area (Å²) in [6, 6.07) is 5.41. The van der Waals surface area contributed by atoms with Gasteiger partial charge in [-0.05, 0) is 30.4 Å². The van der Waals surface area contributed by atoms with Crippen molar-refractivity contribution in [3.8, 4) is 0 Å². The summed E-state index contributed by atoms with van der Waals surface area (Å²) in [7, 11) is 0. The predicted molar refractivity (Wildman–Crippen MR) is 73.9 cm³/mol. The predicted octanol–water partition coefficient (Wildman–Crippen LogP) is 0.764. The van der Waals surface area contributed by atoms with Gasteiger partial charge >= 0.3 is 0 Å². The number of rotatable bonds is 0. The average Bonchev–Trinajstić information content (AvgIpc) is 2.67. The van der Waals surface area contributed by atoms with E-state index in [9.17, 15) is 9.90 Å². The largest absolute Gasteiger partial charge is 0.364 e. The molecule has 2 heterocycles. The topological polar surface area (TPSA) is 64.6 Å². The smallest absolute Gasteiger partial charge is 0.225 e. The molecule has 2 aliphatic heterocycles. The molecule has 0 radical (unpaired) electrons. The Morgan fingerprint density at radius 1 is 1.61 bits per heavy atom. The molecule has 2 aliphatic rings. The van der Waals surface area contributed by atoms with Gasteiger partial charge in [0.25, 0.3) is 0 Å². The van der Waals surface area contributed by atoms with Crippen LogP contribution in [0.5, 0.6) is 0 Å². The minimum absolute atomic E-state index is 0.154. The molecule has 0 saturated carbocycles. The van der Waals surface area contributed by atoms with E-state index in [1.807, 2.05) is 6.07 Å². The lowest BCUT2D eigenvalue weighted by atomic mass is 10.0. The molecular weight excluding hydrogens is 318 g/mol. The highest BCUT2D eigenvalue weighted by Crippen LogP contribution is 2.44. The normalized spacial score (nSPS) is 28.5. The molecule has 94 valence electrons. The first-order chi connectivity index (χ1) is 8.43. The Hall–Kier alpha value is -1.18. The Bertz CT molecular complexity index is 579. The number of nitrogens with one attached hydrogen (secondary N) is 2. The number of hydrogen-bond acceptors (Lipinski definition) is 3. The van der Waals surface area contributed by atoms with Gasteiger partial charge in [0.2, 0.25) is 11.6 Å². The van der Waals surface area contributed by atoms with Gasteiger partial charge in [0.05, 0.1) is 5.69 Å². The van der Waals surface area contributed by atoms with Crippen LogP contribution in [-0.2, 0) is 10.5 Å². The number of nitrogens with zero attached hydrogens (tertiary/aromatic N) is 1. The first-order valence-corrected chi connectivity index (χ1v) is 6.54. The van der Waals surface area contributed by atoms with Gasteiger partial charge in [-0.25, -0.2) is 0 Å². The van der Waals surface area contributed by atoms with Gasteiger partial charge in [-0.15, -0.1) is 0 Å². The molecule has 0 spiro atoms. The van der Waals surface area contributed by atoms with Crippen LogP contribution in [-0.4, -0.2) is 22.3 Å².